The van der Waals surface area contributed by atoms with Crippen LogP contribution in [0.3, 0.4) is 0 Å². The molecule has 2 aromatic rings. The summed E-state index contributed by atoms with van der Waals surface area (Å²) in [6.45, 7) is 6.60. The highest BCUT2D eigenvalue weighted by Crippen LogP contribution is 2.29. The number of likely N-dealkylation sites (tertiary alicyclic amines) is 1. The van der Waals surface area contributed by atoms with Gasteiger partial charge in [0.2, 0.25) is 0 Å². The van der Waals surface area contributed by atoms with E-state index in [1.54, 1.807) is 6.92 Å². The Balaban J connectivity index is 1.51. The number of hydrogen-bond donors (Lipinski definition) is 2. The summed E-state index contributed by atoms with van der Waals surface area (Å²) in [4.78, 5) is 27.9. The summed E-state index contributed by atoms with van der Waals surface area (Å²) in [6, 6.07) is 17.9. The molecule has 0 aromatic heterocycles. The maximum atomic E-state index is 13.0. The lowest BCUT2D eigenvalue weighted by Crippen LogP contribution is -2.49. The first-order chi connectivity index (χ1) is 16.6. The van der Waals surface area contributed by atoms with E-state index in [1.807, 2.05) is 24.3 Å². The maximum Gasteiger partial charge on any atom is 0.338 e. The van der Waals surface area contributed by atoms with E-state index in [-0.39, 0.29) is 18.6 Å². The molecule has 4 rings (SSSR count). The van der Waals surface area contributed by atoms with Crippen LogP contribution in [-0.2, 0) is 22.4 Å². The van der Waals surface area contributed by atoms with Crippen LogP contribution < -0.4 is 10.6 Å². The SMILES string of the molecule is CCOC(=O)C1=C(CN2CCC(Cc3ccccc3)CC2)NC(=O)N[C@H]1c1ccc(CC)cc1. The molecule has 0 unspecified atom stereocenters. The number of rotatable bonds is 8. The van der Waals surface area contributed by atoms with E-state index in [1.165, 1.54) is 11.1 Å². The Morgan fingerprint density at radius 3 is 2.35 bits per heavy atom. The number of piperidine rings is 1. The quantitative estimate of drug-likeness (QED) is 0.573. The molecule has 0 bridgehead atoms. The number of benzene rings is 2. The fourth-order valence-electron chi connectivity index (χ4n) is 4.91. The zero-order valence-corrected chi connectivity index (χ0v) is 20.2. The highest BCUT2D eigenvalue weighted by Gasteiger charge is 2.34. The highest BCUT2D eigenvalue weighted by atomic mass is 16.5. The van der Waals surface area contributed by atoms with E-state index in [0.29, 0.717) is 23.7 Å². The second-order valence-electron chi connectivity index (χ2n) is 9.15. The van der Waals surface area contributed by atoms with Crippen molar-refractivity contribution < 1.29 is 14.3 Å². The number of hydrogen-bond acceptors (Lipinski definition) is 4. The van der Waals surface area contributed by atoms with Gasteiger partial charge >= 0.3 is 12.0 Å². The van der Waals surface area contributed by atoms with Gasteiger partial charge in [-0.3, -0.25) is 4.90 Å². The van der Waals surface area contributed by atoms with Crippen LogP contribution in [0.4, 0.5) is 4.79 Å². The molecule has 0 aliphatic carbocycles. The van der Waals surface area contributed by atoms with Crippen LogP contribution in [0.2, 0.25) is 0 Å². The Hall–Kier alpha value is -3.12. The van der Waals surface area contributed by atoms with Crippen molar-refractivity contribution in [1.29, 1.82) is 0 Å². The van der Waals surface area contributed by atoms with Crippen LogP contribution in [0.5, 0.6) is 0 Å². The van der Waals surface area contributed by atoms with E-state index < -0.39 is 6.04 Å². The number of urea groups is 1. The smallest absolute Gasteiger partial charge is 0.338 e. The Bertz CT molecular complexity index is 1010. The lowest BCUT2D eigenvalue weighted by molar-refractivity contribution is -0.139. The van der Waals surface area contributed by atoms with E-state index >= 15 is 0 Å². The van der Waals surface area contributed by atoms with Gasteiger partial charge in [0.15, 0.2) is 0 Å². The fourth-order valence-corrected chi connectivity index (χ4v) is 4.91. The third kappa shape index (κ3) is 5.86. The predicted octanol–water partition coefficient (Wildman–Crippen LogP) is 4.37. The first-order valence-electron chi connectivity index (χ1n) is 12.4. The van der Waals surface area contributed by atoms with Gasteiger partial charge in [-0.05, 0) is 68.3 Å². The fraction of sp³-hybridized carbons (Fsp3) is 0.429. The monoisotopic (exact) mass is 461 g/mol. The normalized spacial score (nSPS) is 19.5. The molecular formula is C28H35N3O3. The largest absolute Gasteiger partial charge is 0.463 e. The Kier molecular flexibility index (Phi) is 8.01. The molecule has 1 atom stereocenters. The molecule has 2 aliphatic rings. The summed E-state index contributed by atoms with van der Waals surface area (Å²) in [5.41, 5.74) is 4.62. The molecule has 34 heavy (non-hydrogen) atoms. The van der Waals surface area contributed by atoms with E-state index in [2.05, 4.69) is 52.8 Å². The lowest BCUT2D eigenvalue weighted by atomic mass is 9.89. The number of esters is 1. The molecule has 1 saturated heterocycles. The molecule has 0 saturated carbocycles. The molecule has 180 valence electrons. The topological polar surface area (TPSA) is 70.7 Å². The molecule has 0 radical (unpaired) electrons. The molecule has 1 fully saturated rings. The molecule has 2 aliphatic heterocycles. The second-order valence-corrected chi connectivity index (χ2v) is 9.15. The lowest BCUT2D eigenvalue weighted by Gasteiger charge is -2.35. The number of amides is 2. The zero-order valence-electron chi connectivity index (χ0n) is 20.2. The summed E-state index contributed by atoms with van der Waals surface area (Å²) in [5, 5.41) is 5.85. The van der Waals surface area contributed by atoms with Gasteiger partial charge in [-0.15, -0.1) is 0 Å². The Labute approximate surface area is 202 Å². The average molecular weight is 462 g/mol. The molecular weight excluding hydrogens is 426 g/mol. The standard InChI is InChI=1S/C28H35N3O3/c1-3-20-10-12-23(13-11-20)26-25(27(32)34-4-2)24(29-28(33)30-26)19-31-16-14-22(15-17-31)18-21-8-6-5-7-9-21/h5-13,22,26H,3-4,14-19H2,1-2H3,(H2,29,30,33)/t26-/m0/s1. The number of aryl methyl sites for hydroxylation is 1. The second kappa shape index (κ2) is 11.3. The molecule has 2 aromatic carbocycles. The van der Waals surface area contributed by atoms with E-state index in [4.69, 9.17) is 4.74 Å². The predicted molar refractivity (Wildman–Crippen MR) is 133 cm³/mol. The van der Waals surface area contributed by atoms with Crippen LogP contribution in [0.25, 0.3) is 0 Å². The summed E-state index contributed by atoms with van der Waals surface area (Å²) in [5.74, 6) is 0.276. The van der Waals surface area contributed by atoms with Gasteiger partial charge in [-0.25, -0.2) is 9.59 Å². The number of carbonyl (C=O) groups is 2. The van der Waals surface area contributed by atoms with Crippen molar-refractivity contribution in [2.75, 3.05) is 26.2 Å². The van der Waals surface area contributed by atoms with Crippen molar-refractivity contribution in [2.24, 2.45) is 5.92 Å². The van der Waals surface area contributed by atoms with Gasteiger partial charge in [-0.2, -0.15) is 0 Å². The van der Waals surface area contributed by atoms with Crippen LogP contribution in [0, 0.1) is 5.92 Å². The van der Waals surface area contributed by atoms with Gasteiger partial charge in [0.1, 0.15) is 0 Å². The number of ether oxygens (including phenoxy) is 1. The van der Waals surface area contributed by atoms with Crippen molar-refractivity contribution in [3.63, 3.8) is 0 Å². The van der Waals surface area contributed by atoms with Gasteiger partial charge in [0, 0.05) is 12.2 Å². The summed E-state index contributed by atoms with van der Waals surface area (Å²) < 4.78 is 5.41. The van der Waals surface area contributed by atoms with Gasteiger partial charge in [0.05, 0.1) is 18.2 Å². The maximum absolute atomic E-state index is 13.0. The minimum absolute atomic E-state index is 0.286. The minimum atomic E-state index is -0.524. The van der Waals surface area contributed by atoms with Gasteiger partial charge in [-0.1, -0.05) is 61.5 Å². The van der Waals surface area contributed by atoms with Crippen LogP contribution in [0.15, 0.2) is 65.9 Å². The first-order valence-corrected chi connectivity index (χ1v) is 12.4. The summed E-state index contributed by atoms with van der Waals surface area (Å²) in [6.07, 6.45) is 4.24. The first kappa shape index (κ1) is 24.0. The number of nitrogens with one attached hydrogen (secondary N) is 2. The van der Waals surface area contributed by atoms with E-state index in [9.17, 15) is 9.59 Å². The third-order valence-electron chi connectivity index (χ3n) is 6.83. The van der Waals surface area contributed by atoms with Crippen molar-refractivity contribution in [2.45, 2.75) is 45.6 Å². The molecule has 2 amide bonds. The van der Waals surface area contributed by atoms with Gasteiger partial charge < -0.3 is 15.4 Å². The number of carbonyl (C=O) groups excluding carboxylic acids is 2. The minimum Gasteiger partial charge on any atom is -0.463 e. The van der Waals surface area contributed by atoms with E-state index in [0.717, 1.165) is 44.3 Å². The van der Waals surface area contributed by atoms with Crippen LogP contribution in [-0.4, -0.2) is 43.1 Å². The van der Waals surface area contributed by atoms with Crippen molar-refractivity contribution in [3.05, 3.63) is 82.6 Å². The Morgan fingerprint density at radius 1 is 1.00 bits per heavy atom. The average Bonchev–Trinajstić information content (AvgIpc) is 2.86. The molecule has 2 heterocycles. The van der Waals surface area contributed by atoms with Gasteiger partial charge in [0.25, 0.3) is 0 Å². The molecule has 2 N–H and O–H groups in total. The van der Waals surface area contributed by atoms with Crippen LogP contribution >= 0.6 is 0 Å². The molecule has 6 heteroatoms. The third-order valence-corrected chi connectivity index (χ3v) is 6.83. The number of nitrogens with zero attached hydrogens (tertiary/aromatic N) is 1. The Morgan fingerprint density at radius 2 is 1.71 bits per heavy atom. The van der Waals surface area contributed by atoms with Crippen molar-refractivity contribution >= 4 is 12.0 Å². The molecule has 0 spiro atoms. The van der Waals surface area contributed by atoms with Crippen molar-refractivity contribution in [1.82, 2.24) is 15.5 Å². The summed E-state index contributed by atoms with van der Waals surface area (Å²) >= 11 is 0. The highest BCUT2D eigenvalue weighted by molar-refractivity contribution is 5.95. The van der Waals surface area contributed by atoms with Crippen molar-refractivity contribution in [3.8, 4) is 0 Å². The molecule has 6 nitrogen and oxygen atoms in total. The van der Waals surface area contributed by atoms with Crippen LogP contribution in [0.1, 0.15) is 49.4 Å². The zero-order chi connectivity index (χ0) is 23.9. The summed E-state index contributed by atoms with van der Waals surface area (Å²) in [7, 11) is 0.